The lowest BCUT2D eigenvalue weighted by atomic mass is 9.80. The fraction of sp³-hybridized carbons (Fsp3) is 0.500. The Morgan fingerprint density at radius 3 is 1.90 bits per heavy atom. The van der Waals surface area contributed by atoms with Gasteiger partial charge in [0.25, 0.3) is 0 Å². The van der Waals surface area contributed by atoms with E-state index in [1.54, 1.807) is 7.11 Å². The third-order valence-electron chi connectivity index (χ3n) is 6.13. The van der Waals surface area contributed by atoms with Crippen molar-refractivity contribution in [3.63, 3.8) is 0 Å². The van der Waals surface area contributed by atoms with Crippen molar-refractivity contribution >= 4 is 33.4 Å². The molecule has 1 atom stereocenters. The van der Waals surface area contributed by atoms with Crippen molar-refractivity contribution in [1.82, 2.24) is 9.63 Å². The smallest absolute Gasteiger partial charge is 0.134 e. The predicted molar refractivity (Wildman–Crippen MR) is 120 cm³/mol. The van der Waals surface area contributed by atoms with Crippen LogP contribution in [0.15, 0.2) is 48.5 Å². The van der Waals surface area contributed by atoms with E-state index in [0.717, 1.165) is 23.9 Å². The Morgan fingerprint density at radius 2 is 1.41 bits per heavy atom. The summed E-state index contributed by atoms with van der Waals surface area (Å²) in [6.07, 6.45) is 2.09. The molecule has 2 heterocycles. The molecule has 29 heavy (non-hydrogen) atoms. The minimum atomic E-state index is -0.313. The fourth-order valence-electron chi connectivity index (χ4n) is 5.15. The number of benzene rings is 2. The molecule has 156 valence electrons. The SMILES string of the molecule is COC1CC(C)(C)N(OCC(Cl)n2c3ccccc3c3ccccc32)C(C)(C)C1. The van der Waals surface area contributed by atoms with Gasteiger partial charge in [0.15, 0.2) is 0 Å². The molecule has 0 bridgehead atoms. The minimum Gasteiger partial charge on any atom is -0.381 e. The topological polar surface area (TPSA) is 26.6 Å². The summed E-state index contributed by atoms with van der Waals surface area (Å²) in [7, 11) is 1.80. The number of rotatable bonds is 5. The maximum Gasteiger partial charge on any atom is 0.134 e. The van der Waals surface area contributed by atoms with Crippen LogP contribution >= 0.6 is 11.6 Å². The van der Waals surface area contributed by atoms with Crippen molar-refractivity contribution in [3.05, 3.63) is 48.5 Å². The zero-order valence-corrected chi connectivity index (χ0v) is 18.7. The number of methoxy groups -OCH3 is 1. The van der Waals surface area contributed by atoms with Crippen LogP contribution in [0.3, 0.4) is 0 Å². The molecule has 4 nitrogen and oxygen atoms in total. The predicted octanol–water partition coefficient (Wildman–Crippen LogP) is 6.13. The van der Waals surface area contributed by atoms with Crippen LogP contribution < -0.4 is 0 Å². The quantitative estimate of drug-likeness (QED) is 0.469. The second kappa shape index (κ2) is 7.59. The van der Waals surface area contributed by atoms with Gasteiger partial charge < -0.3 is 9.30 Å². The summed E-state index contributed by atoms with van der Waals surface area (Å²) in [5, 5.41) is 4.57. The number of piperidine rings is 1. The van der Waals surface area contributed by atoms with Crippen LogP contribution in [0.25, 0.3) is 21.8 Å². The number of nitrogens with zero attached hydrogens (tertiary/aromatic N) is 2. The van der Waals surface area contributed by atoms with Gasteiger partial charge in [-0.1, -0.05) is 48.0 Å². The number of fused-ring (bicyclic) bond motifs is 3. The number of para-hydroxylation sites is 2. The van der Waals surface area contributed by atoms with Gasteiger partial charge in [-0.3, -0.25) is 4.84 Å². The highest BCUT2D eigenvalue weighted by atomic mass is 35.5. The molecule has 5 heteroatoms. The molecule has 1 fully saturated rings. The van der Waals surface area contributed by atoms with Gasteiger partial charge in [-0.15, -0.1) is 0 Å². The lowest BCUT2D eigenvalue weighted by molar-refractivity contribution is -0.294. The second-order valence-electron chi connectivity index (χ2n) is 9.32. The Morgan fingerprint density at radius 1 is 0.931 bits per heavy atom. The lowest BCUT2D eigenvalue weighted by Crippen LogP contribution is -2.62. The van der Waals surface area contributed by atoms with Crippen LogP contribution in [0, 0.1) is 0 Å². The molecule has 0 amide bonds. The summed E-state index contributed by atoms with van der Waals surface area (Å²) in [5.41, 5.74) is 1.68. The van der Waals surface area contributed by atoms with E-state index >= 15 is 0 Å². The standard InChI is InChI=1S/C24H31ClN2O2/c1-23(2)14-17(28-5)15-24(3,4)27(23)29-16-22(25)26-20-12-8-6-10-18(20)19-11-7-9-13-21(19)26/h6-13,17,22H,14-16H2,1-5H3. The second-order valence-corrected chi connectivity index (χ2v) is 9.82. The molecular weight excluding hydrogens is 384 g/mol. The highest BCUT2D eigenvalue weighted by Crippen LogP contribution is 2.40. The lowest BCUT2D eigenvalue weighted by Gasteiger charge is -2.53. The van der Waals surface area contributed by atoms with E-state index in [4.69, 9.17) is 21.2 Å². The maximum atomic E-state index is 6.95. The molecule has 0 saturated carbocycles. The molecule has 1 aliphatic heterocycles. The van der Waals surface area contributed by atoms with Crippen LogP contribution in [-0.2, 0) is 9.57 Å². The maximum absolute atomic E-state index is 6.95. The number of alkyl halides is 1. The summed E-state index contributed by atoms with van der Waals surface area (Å²) in [6.45, 7) is 9.25. The Balaban J connectivity index is 1.63. The first kappa shape index (κ1) is 20.7. The Hall–Kier alpha value is -1.59. The van der Waals surface area contributed by atoms with Gasteiger partial charge >= 0.3 is 0 Å². The number of hydrogen-bond acceptors (Lipinski definition) is 3. The largest absolute Gasteiger partial charge is 0.381 e. The van der Waals surface area contributed by atoms with Gasteiger partial charge in [-0.2, -0.15) is 5.06 Å². The van der Waals surface area contributed by atoms with Crippen molar-refractivity contribution in [2.24, 2.45) is 0 Å². The van der Waals surface area contributed by atoms with E-state index in [9.17, 15) is 0 Å². The monoisotopic (exact) mass is 414 g/mol. The third-order valence-corrected chi connectivity index (χ3v) is 6.45. The van der Waals surface area contributed by atoms with Crippen LogP contribution in [0.1, 0.15) is 46.0 Å². The van der Waals surface area contributed by atoms with Gasteiger partial charge in [-0.05, 0) is 52.7 Å². The van der Waals surface area contributed by atoms with Gasteiger partial charge in [0.2, 0.25) is 0 Å². The average molecular weight is 415 g/mol. The molecule has 1 saturated heterocycles. The number of halogens is 1. The summed E-state index contributed by atoms with van der Waals surface area (Å²) in [6, 6.07) is 16.8. The van der Waals surface area contributed by atoms with Crippen LogP contribution in [-0.4, -0.2) is 40.5 Å². The van der Waals surface area contributed by atoms with E-state index in [-0.39, 0.29) is 22.7 Å². The van der Waals surface area contributed by atoms with Gasteiger partial charge in [0.1, 0.15) is 12.1 Å². The first-order valence-corrected chi connectivity index (χ1v) is 10.8. The van der Waals surface area contributed by atoms with Crippen molar-refractivity contribution in [1.29, 1.82) is 0 Å². The third kappa shape index (κ3) is 3.68. The van der Waals surface area contributed by atoms with Crippen molar-refractivity contribution < 1.29 is 9.57 Å². The number of ether oxygens (including phenoxy) is 1. The van der Waals surface area contributed by atoms with E-state index in [2.05, 4.69) is 85.9 Å². The highest BCUT2D eigenvalue weighted by Gasteiger charge is 2.47. The zero-order chi connectivity index (χ0) is 20.8. The summed E-state index contributed by atoms with van der Waals surface area (Å²) >= 11 is 6.95. The van der Waals surface area contributed by atoms with Crippen molar-refractivity contribution in [2.75, 3.05) is 13.7 Å². The van der Waals surface area contributed by atoms with E-state index in [1.165, 1.54) is 10.8 Å². The Labute approximate surface area is 178 Å². The number of hydrogen-bond donors (Lipinski definition) is 0. The molecule has 0 aliphatic carbocycles. The number of aromatic nitrogens is 1. The average Bonchev–Trinajstić information content (AvgIpc) is 3.00. The minimum absolute atomic E-state index is 0.139. The van der Waals surface area contributed by atoms with Crippen LogP contribution in [0.5, 0.6) is 0 Å². The van der Waals surface area contributed by atoms with E-state index in [1.807, 2.05) is 0 Å². The number of hydroxylamine groups is 2. The highest BCUT2D eigenvalue weighted by molar-refractivity contribution is 6.21. The van der Waals surface area contributed by atoms with Crippen LogP contribution in [0.4, 0.5) is 0 Å². The van der Waals surface area contributed by atoms with Gasteiger partial charge in [-0.25, -0.2) is 0 Å². The molecule has 4 rings (SSSR count). The molecule has 2 aromatic carbocycles. The van der Waals surface area contributed by atoms with Crippen molar-refractivity contribution in [3.8, 4) is 0 Å². The van der Waals surface area contributed by atoms with Gasteiger partial charge in [0.05, 0.1) is 17.1 Å². The Bertz CT molecular complexity index is 939. The first-order chi connectivity index (χ1) is 13.7. The van der Waals surface area contributed by atoms with E-state index < -0.39 is 0 Å². The summed E-state index contributed by atoms with van der Waals surface area (Å²) < 4.78 is 7.87. The van der Waals surface area contributed by atoms with Crippen LogP contribution in [0.2, 0.25) is 0 Å². The fourth-order valence-corrected chi connectivity index (χ4v) is 5.42. The zero-order valence-electron chi connectivity index (χ0n) is 18.0. The summed E-state index contributed by atoms with van der Waals surface area (Å²) in [5.74, 6) is 0. The summed E-state index contributed by atoms with van der Waals surface area (Å²) in [4.78, 5) is 6.41. The Kier molecular flexibility index (Phi) is 5.41. The molecule has 0 radical (unpaired) electrons. The molecule has 0 N–H and O–H groups in total. The molecule has 1 unspecified atom stereocenters. The molecular formula is C24H31ClN2O2. The van der Waals surface area contributed by atoms with Crippen molar-refractivity contribution in [2.45, 2.75) is 63.2 Å². The normalized spacial score (nSPS) is 21.0. The van der Waals surface area contributed by atoms with E-state index in [0.29, 0.717) is 6.61 Å². The molecule has 0 spiro atoms. The molecule has 3 aromatic rings. The molecule has 1 aliphatic rings. The molecule has 1 aromatic heterocycles. The first-order valence-electron chi connectivity index (χ1n) is 10.3. The van der Waals surface area contributed by atoms with Gasteiger partial charge in [0, 0.05) is 29.0 Å².